The fraction of sp³-hybridized carbons (Fsp3) is 1.00. The smallest absolute Gasteiger partial charge is 0 e. The van der Waals surface area contributed by atoms with E-state index in [-0.39, 0.29) is 8.41 Å². The van der Waals surface area contributed by atoms with Crippen LogP contribution < -0.4 is 0 Å². The van der Waals surface area contributed by atoms with Crippen LogP contribution in [0.4, 0.5) is 0 Å². The molecule has 0 spiro atoms. The number of rotatable bonds is 0. The maximum absolute atomic E-state index is 1.50. The monoisotopic (exact) mass is 53.1 g/mol. The van der Waals surface area contributed by atoms with Gasteiger partial charge in [-0.2, -0.15) is 0 Å². The van der Waals surface area contributed by atoms with Gasteiger partial charge in [-0.25, -0.2) is 0 Å². The van der Waals surface area contributed by atoms with Crippen LogP contribution >= 0.6 is 0 Å². The van der Waals surface area contributed by atoms with Crippen LogP contribution in [0.1, 0.15) is 19.3 Å². The zero-order valence-electron chi connectivity index (χ0n) is 2.70. The lowest BCUT2D eigenvalue weighted by molar-refractivity contribution is 1.50. The highest BCUT2D eigenvalue weighted by Crippen LogP contribution is 2.14. The van der Waals surface area contributed by atoms with Crippen LogP contribution in [0.3, 0.4) is 0 Å². The van der Waals surface area contributed by atoms with Gasteiger partial charge >= 0.3 is 0 Å². The maximum Gasteiger partial charge on any atom is 0 e. The third-order valence-corrected chi connectivity index (χ3v) is 0.354. The summed E-state index contributed by atoms with van der Waals surface area (Å²) >= 11 is 0. The van der Waals surface area contributed by atoms with E-state index in [1.807, 2.05) is 0 Å². The molecule has 1 aliphatic rings. The van der Waals surface area contributed by atoms with Crippen molar-refractivity contribution < 1.29 is 0 Å². The first-order chi connectivity index (χ1) is 1.50. The molecule has 0 aromatic carbocycles. The second-order valence-electron chi connectivity index (χ2n) is 1.06. The van der Waals surface area contributed by atoms with Gasteiger partial charge in [0, 0.05) is 8.41 Å². The Morgan fingerprint density at radius 3 is 1.00 bits per heavy atom. The zero-order valence-corrected chi connectivity index (χ0v) is 2.70. The molecule has 0 bridgehead atoms. The molecular weight excluding hydrogens is 46.8 g/mol. The highest BCUT2D eigenvalue weighted by molar-refractivity contribution is 5.75. The molecule has 0 heterocycles. The Morgan fingerprint density at radius 2 is 1.00 bits per heavy atom. The lowest BCUT2D eigenvalue weighted by atomic mass is 10.8. The summed E-state index contributed by atoms with van der Waals surface area (Å²) in [6.07, 6.45) is 4.50. The third kappa shape index (κ3) is 2.06. The molecule has 0 saturated heterocycles. The molecule has 0 nitrogen and oxygen atoms in total. The van der Waals surface area contributed by atoms with Crippen LogP contribution in [0, 0.1) is 0 Å². The summed E-state index contributed by atoms with van der Waals surface area (Å²) in [5.41, 5.74) is 0. The summed E-state index contributed by atoms with van der Waals surface area (Å²) in [5, 5.41) is 0. The molecule has 1 saturated carbocycles. The van der Waals surface area contributed by atoms with E-state index in [0.717, 1.165) is 0 Å². The van der Waals surface area contributed by atoms with Gasteiger partial charge in [0.2, 0.25) is 0 Å². The molecule has 1 heteroatoms. The van der Waals surface area contributed by atoms with Gasteiger partial charge in [-0.1, -0.05) is 19.3 Å². The van der Waals surface area contributed by atoms with Gasteiger partial charge in [-0.05, 0) is 0 Å². The van der Waals surface area contributed by atoms with E-state index in [1.54, 1.807) is 0 Å². The fourth-order valence-electron chi connectivity index (χ4n) is 0. The second-order valence-corrected chi connectivity index (χ2v) is 1.06. The van der Waals surface area contributed by atoms with Gasteiger partial charge < -0.3 is 0 Å². The van der Waals surface area contributed by atoms with E-state index in [0.29, 0.717) is 0 Å². The quantitative estimate of drug-likeness (QED) is 0.358. The predicted octanol–water partition coefficient (Wildman–Crippen LogP) is 0.789. The van der Waals surface area contributed by atoms with Crippen LogP contribution in [-0.4, -0.2) is 8.41 Å². The normalized spacial score (nSPS) is 18.0. The Bertz CT molecular complexity index is 8.00. The molecule has 0 atom stereocenters. The summed E-state index contributed by atoms with van der Waals surface area (Å²) in [4.78, 5) is 0. The number of hydrogen-bond donors (Lipinski definition) is 0. The lowest BCUT2D eigenvalue weighted by Crippen LogP contribution is -0.856. The summed E-state index contributed by atoms with van der Waals surface area (Å²) in [6, 6.07) is 0. The van der Waals surface area contributed by atoms with Crippen LogP contribution in [-0.2, 0) is 0 Å². The van der Waals surface area contributed by atoms with Gasteiger partial charge in [0.05, 0.1) is 0 Å². The highest BCUT2D eigenvalue weighted by atomic mass is 14.0. The molecule has 1 rings (SSSR count). The summed E-state index contributed by atoms with van der Waals surface area (Å²) in [6.45, 7) is 0. The summed E-state index contributed by atoms with van der Waals surface area (Å²) in [5.74, 6) is 0. The highest BCUT2D eigenvalue weighted by Gasteiger charge is 1.95. The van der Waals surface area contributed by atoms with Gasteiger partial charge in [-0.3, -0.25) is 0 Å². The molecule has 21 valence electrons. The van der Waals surface area contributed by atoms with Crippen molar-refractivity contribution in [1.29, 1.82) is 0 Å². The Balaban J connectivity index is 0.0000000900. The molecule has 0 aromatic heterocycles. The molecule has 1 aliphatic carbocycles. The van der Waals surface area contributed by atoms with Crippen molar-refractivity contribution >= 4 is 8.41 Å². The summed E-state index contributed by atoms with van der Waals surface area (Å²) < 4.78 is 0. The van der Waals surface area contributed by atoms with Crippen LogP contribution in [0.5, 0.6) is 0 Å². The van der Waals surface area contributed by atoms with Crippen molar-refractivity contribution in [2.45, 2.75) is 19.3 Å². The molecule has 0 N–H and O–H groups in total. The predicted molar refractivity (Wildman–Crippen MR) is 19.6 cm³/mol. The van der Waals surface area contributed by atoms with E-state index in [2.05, 4.69) is 0 Å². The Hall–Kier alpha value is 0.0649. The Morgan fingerprint density at radius 1 is 0.750 bits per heavy atom. The van der Waals surface area contributed by atoms with Crippen molar-refractivity contribution in [3.8, 4) is 0 Å². The first kappa shape index (κ1) is 4.06. The van der Waals surface area contributed by atoms with Crippen molar-refractivity contribution in [1.82, 2.24) is 0 Å². The molecular formula is C3H6B. The first-order valence-corrected chi connectivity index (χ1v) is 1.50. The van der Waals surface area contributed by atoms with E-state index in [9.17, 15) is 0 Å². The molecule has 3 radical (unpaired) electrons. The topological polar surface area (TPSA) is 0 Å². The average molecular weight is 52.9 g/mol. The minimum absolute atomic E-state index is 0. The van der Waals surface area contributed by atoms with Crippen molar-refractivity contribution in [3.05, 3.63) is 0 Å². The van der Waals surface area contributed by atoms with E-state index >= 15 is 0 Å². The average Bonchev–Trinajstić information content (AvgIpc) is 1.46. The zero-order chi connectivity index (χ0) is 2.12. The van der Waals surface area contributed by atoms with Gasteiger partial charge in [0.1, 0.15) is 0 Å². The van der Waals surface area contributed by atoms with E-state index in [4.69, 9.17) is 0 Å². The first-order valence-electron chi connectivity index (χ1n) is 1.50. The SMILES string of the molecule is C1CC1.[B]. The van der Waals surface area contributed by atoms with Crippen molar-refractivity contribution in [2.75, 3.05) is 0 Å². The molecule has 0 aromatic rings. The van der Waals surface area contributed by atoms with Gasteiger partial charge in [-0.15, -0.1) is 0 Å². The van der Waals surface area contributed by atoms with E-state index < -0.39 is 0 Å². The van der Waals surface area contributed by atoms with E-state index in [1.165, 1.54) is 19.3 Å². The second kappa shape index (κ2) is 1.39. The Labute approximate surface area is 28.8 Å². The Kier molecular flexibility index (Phi) is 1.41. The molecule has 1 fully saturated rings. The van der Waals surface area contributed by atoms with Crippen LogP contribution in [0.25, 0.3) is 0 Å². The van der Waals surface area contributed by atoms with Crippen LogP contribution in [0.2, 0.25) is 0 Å². The third-order valence-electron chi connectivity index (χ3n) is 0.354. The maximum atomic E-state index is 1.50. The molecule has 4 heavy (non-hydrogen) atoms. The van der Waals surface area contributed by atoms with Crippen molar-refractivity contribution in [2.24, 2.45) is 0 Å². The standard InChI is InChI=1S/C3H6.B/c1-2-3-1;/h1-3H2;. The van der Waals surface area contributed by atoms with Crippen molar-refractivity contribution in [3.63, 3.8) is 0 Å². The fourth-order valence-corrected chi connectivity index (χ4v) is 0. The molecule has 0 amide bonds. The minimum Gasteiger partial charge on any atom is -0.0533 e. The van der Waals surface area contributed by atoms with Crippen LogP contribution in [0.15, 0.2) is 0 Å². The minimum atomic E-state index is 0. The van der Waals surface area contributed by atoms with Gasteiger partial charge in [0.25, 0.3) is 0 Å². The lowest BCUT2D eigenvalue weighted by Gasteiger charge is -1.05. The van der Waals surface area contributed by atoms with Gasteiger partial charge in [0.15, 0.2) is 0 Å². The summed E-state index contributed by atoms with van der Waals surface area (Å²) in [7, 11) is 0. The molecule has 0 unspecified atom stereocenters. The molecule has 0 aliphatic heterocycles. The number of hydrogen-bond acceptors (Lipinski definition) is 0. The largest absolute Gasteiger partial charge is 0.0533 e.